The highest BCUT2D eigenvalue weighted by Crippen LogP contribution is 2.28. The predicted molar refractivity (Wildman–Crippen MR) is 238 cm³/mol. The number of amides is 4. The molecule has 62 heavy (non-hydrogen) atoms. The van der Waals surface area contributed by atoms with E-state index in [4.69, 9.17) is 0 Å². The highest BCUT2D eigenvalue weighted by Gasteiger charge is 2.35. The number of hydrogen-bond donors (Lipinski definition) is 8. The van der Waals surface area contributed by atoms with Gasteiger partial charge in [-0.05, 0) is 59.7 Å². The highest BCUT2D eigenvalue weighted by molar-refractivity contribution is 7.86. The van der Waals surface area contributed by atoms with E-state index in [0.29, 0.717) is 37.6 Å². The molecule has 4 aromatic rings. The van der Waals surface area contributed by atoms with E-state index in [9.17, 15) is 35.5 Å². The molecule has 0 aliphatic carbocycles. The van der Waals surface area contributed by atoms with E-state index in [1.807, 2.05) is 64.1 Å². The van der Waals surface area contributed by atoms with Gasteiger partial charge in [0.15, 0.2) is 0 Å². The lowest BCUT2D eigenvalue weighted by molar-refractivity contribution is -0.00279. The fourth-order valence-electron chi connectivity index (χ4n) is 6.66. The van der Waals surface area contributed by atoms with Gasteiger partial charge in [-0.3, -0.25) is 19.7 Å². The van der Waals surface area contributed by atoms with Crippen LogP contribution in [0.1, 0.15) is 38.8 Å². The summed E-state index contributed by atoms with van der Waals surface area (Å²) in [5.41, 5.74) is 1.60. The summed E-state index contributed by atoms with van der Waals surface area (Å²) in [6, 6.07) is 25.1. The third-order valence-corrected chi connectivity index (χ3v) is 11.4. The van der Waals surface area contributed by atoms with Gasteiger partial charge in [0.05, 0.1) is 0 Å². The highest BCUT2D eigenvalue weighted by atomic mass is 32.2. The molecule has 2 heterocycles. The van der Waals surface area contributed by atoms with E-state index in [0.717, 1.165) is 12.1 Å². The predicted octanol–water partition coefficient (Wildman–Crippen LogP) is 5.24. The number of hydrazine groups is 2. The molecule has 2 unspecified atom stereocenters. The van der Waals surface area contributed by atoms with E-state index in [1.165, 1.54) is 46.4 Å². The Labute approximate surface area is 359 Å². The van der Waals surface area contributed by atoms with E-state index in [2.05, 4.69) is 41.9 Å². The Morgan fingerprint density at radius 1 is 0.581 bits per heavy atom. The molecule has 0 spiro atoms. The average molecular weight is 889 g/mol. The van der Waals surface area contributed by atoms with Crippen LogP contribution in [0.5, 0.6) is 0 Å². The zero-order valence-electron chi connectivity index (χ0n) is 34.2. The third kappa shape index (κ3) is 10.8. The van der Waals surface area contributed by atoms with Crippen molar-refractivity contribution in [1.29, 1.82) is 0 Å². The summed E-state index contributed by atoms with van der Waals surface area (Å²) < 4.78 is 71.8. The van der Waals surface area contributed by atoms with Gasteiger partial charge in [-0.2, -0.15) is 16.8 Å². The molecule has 2 aliphatic rings. The first-order chi connectivity index (χ1) is 29.6. The average Bonchev–Trinajstić information content (AvgIpc) is 3.23. The Bertz CT molecular complexity index is 2390. The van der Waals surface area contributed by atoms with E-state index < -0.39 is 54.7 Å². The Morgan fingerprint density at radius 2 is 0.935 bits per heavy atom. The fourth-order valence-corrected chi connectivity index (χ4v) is 8.08. The minimum atomic E-state index is -4.89. The Morgan fingerprint density at radius 3 is 1.26 bits per heavy atom. The number of hydrogen-bond acceptors (Lipinski definition) is 14. The second kappa shape index (κ2) is 19.4. The monoisotopic (exact) mass is 888 g/mol. The molecular weight excluding hydrogens is 841 g/mol. The molecule has 2 aliphatic heterocycles. The molecule has 22 heteroatoms. The molecule has 0 radical (unpaired) electrons. The third-order valence-electron chi connectivity index (χ3n) is 9.59. The SMILES string of the molecule is CCN(CC)N1C(=O)NC(Nc2ccccc2)=NC1Nc1ccc(C=Cc2ccc(NC3N=C(Nc4ccccc4)NC(=O)N3N(CC)CC)cc2S(=O)(=O)O)c(S(=O)(=O)O)c1. The van der Waals surface area contributed by atoms with Crippen molar-refractivity contribution >= 4 is 79.1 Å². The van der Waals surface area contributed by atoms with Crippen LogP contribution < -0.4 is 31.9 Å². The number of anilines is 4. The van der Waals surface area contributed by atoms with Gasteiger partial charge < -0.3 is 21.3 Å². The van der Waals surface area contributed by atoms with Gasteiger partial charge in [0.2, 0.25) is 24.5 Å². The van der Waals surface area contributed by atoms with Gasteiger partial charge in [0.1, 0.15) is 9.79 Å². The number of urea groups is 2. The van der Waals surface area contributed by atoms with Gasteiger partial charge in [-0.15, -0.1) is 0 Å². The molecule has 4 amide bonds. The second-order valence-corrected chi connectivity index (χ2v) is 16.4. The summed E-state index contributed by atoms with van der Waals surface area (Å²) in [5.74, 6) is 0.269. The number of rotatable bonds is 16. The fraction of sp³-hybridized carbons (Fsp3) is 0.250. The van der Waals surface area contributed by atoms with Crippen LogP contribution in [0.15, 0.2) is 117 Å². The number of nitrogens with zero attached hydrogens (tertiary/aromatic N) is 6. The zero-order chi connectivity index (χ0) is 44.6. The number of benzene rings is 4. The molecule has 4 aromatic carbocycles. The number of aliphatic imine (C=N–C) groups is 2. The molecule has 8 N–H and O–H groups in total. The standard InChI is InChI=1S/C40H48N12O8S2/c1-5-49(6-2)51-37(45-35(47-39(51)53)41-29-15-11-9-12-16-29)43-31-23-21-27(33(25-31)61(55,56)57)19-20-28-22-24-32(26-34(28)62(58,59)60)44-38-46-36(42-30-17-13-10-14-18-30)48-40(54)52(38)50(7-3)8-4/h9-26,37-38,43-44H,5-8H2,1-4H3,(H,55,56,57)(H,58,59,60)(H2,41,45,47,53)(H2,42,46,48,54). The van der Waals surface area contributed by atoms with Crippen LogP contribution in [0.4, 0.5) is 32.3 Å². The lowest BCUT2D eigenvalue weighted by Gasteiger charge is -2.40. The van der Waals surface area contributed by atoms with E-state index >= 15 is 0 Å². The second-order valence-electron chi connectivity index (χ2n) is 13.6. The van der Waals surface area contributed by atoms with Crippen molar-refractivity contribution in [2.24, 2.45) is 9.98 Å². The molecule has 0 saturated carbocycles. The van der Waals surface area contributed by atoms with Crippen molar-refractivity contribution in [2.45, 2.75) is 50.1 Å². The number of nitrogens with one attached hydrogen (secondary N) is 6. The van der Waals surface area contributed by atoms with Crippen LogP contribution in [0.2, 0.25) is 0 Å². The molecular formula is C40H48N12O8S2. The topological polar surface area (TPSA) is 253 Å². The molecule has 6 rings (SSSR count). The number of para-hydroxylation sites is 2. The van der Waals surface area contributed by atoms with Crippen LogP contribution in [0, 0.1) is 0 Å². The molecule has 2 atom stereocenters. The van der Waals surface area contributed by atoms with Crippen molar-refractivity contribution in [3.63, 3.8) is 0 Å². The van der Waals surface area contributed by atoms with Crippen LogP contribution in [-0.4, -0.2) is 109 Å². The number of carbonyl (C=O) groups excluding carboxylic acids is 2. The largest absolute Gasteiger partial charge is 0.345 e. The van der Waals surface area contributed by atoms with Crippen molar-refractivity contribution in [3.8, 4) is 0 Å². The van der Waals surface area contributed by atoms with Gasteiger partial charge in [-0.1, -0.05) is 88.4 Å². The Hall–Kier alpha value is -6.56. The first-order valence-electron chi connectivity index (χ1n) is 19.6. The van der Waals surface area contributed by atoms with Crippen molar-refractivity contribution < 1.29 is 35.5 Å². The van der Waals surface area contributed by atoms with Crippen LogP contribution >= 0.6 is 0 Å². The molecule has 0 fully saturated rings. The molecule has 0 bridgehead atoms. The van der Waals surface area contributed by atoms with E-state index in [-0.39, 0.29) is 34.4 Å². The number of guanidine groups is 2. The van der Waals surface area contributed by atoms with Gasteiger partial charge in [0.25, 0.3) is 20.2 Å². The van der Waals surface area contributed by atoms with Crippen molar-refractivity contribution in [3.05, 3.63) is 108 Å². The van der Waals surface area contributed by atoms with Gasteiger partial charge in [-0.25, -0.2) is 39.6 Å². The summed E-state index contributed by atoms with van der Waals surface area (Å²) >= 11 is 0. The van der Waals surface area contributed by atoms with Crippen molar-refractivity contribution in [2.75, 3.05) is 47.4 Å². The molecule has 328 valence electrons. The maximum atomic E-state index is 13.4. The molecule has 20 nitrogen and oxygen atoms in total. The summed E-state index contributed by atoms with van der Waals surface area (Å²) in [4.78, 5) is 35.0. The van der Waals surface area contributed by atoms with Gasteiger partial charge in [0, 0.05) is 48.9 Å². The lowest BCUT2D eigenvalue weighted by atomic mass is 10.1. The van der Waals surface area contributed by atoms with Crippen LogP contribution in [0.3, 0.4) is 0 Å². The summed E-state index contributed by atoms with van der Waals surface area (Å²) in [5, 5.41) is 23.9. The minimum absolute atomic E-state index is 0.0330. The maximum Gasteiger partial charge on any atom is 0.342 e. The first kappa shape index (κ1) is 45.0. The van der Waals surface area contributed by atoms with Crippen LogP contribution in [0.25, 0.3) is 12.2 Å². The number of carbonyl (C=O) groups is 2. The maximum absolute atomic E-state index is 13.4. The minimum Gasteiger partial charge on any atom is -0.345 e. The normalized spacial score (nSPS) is 17.1. The first-order valence-corrected chi connectivity index (χ1v) is 22.4. The van der Waals surface area contributed by atoms with Gasteiger partial charge >= 0.3 is 12.1 Å². The molecule has 0 aromatic heterocycles. The Balaban J connectivity index is 1.30. The summed E-state index contributed by atoms with van der Waals surface area (Å²) in [7, 11) is -9.78. The summed E-state index contributed by atoms with van der Waals surface area (Å²) in [6.07, 6.45) is 0.406. The van der Waals surface area contributed by atoms with Crippen LogP contribution in [-0.2, 0) is 20.2 Å². The summed E-state index contributed by atoms with van der Waals surface area (Å²) in [6.45, 7) is 9.19. The quantitative estimate of drug-likeness (QED) is 0.0529. The van der Waals surface area contributed by atoms with E-state index in [1.54, 1.807) is 34.3 Å². The Kier molecular flexibility index (Phi) is 14.1. The van der Waals surface area contributed by atoms with Crippen molar-refractivity contribution in [1.82, 2.24) is 30.7 Å². The molecule has 0 saturated heterocycles. The smallest absolute Gasteiger partial charge is 0.342 e. The zero-order valence-corrected chi connectivity index (χ0v) is 35.9. The lowest BCUT2D eigenvalue weighted by Crippen LogP contribution is -2.62.